The highest BCUT2D eigenvalue weighted by Gasteiger charge is 2.56. The summed E-state index contributed by atoms with van der Waals surface area (Å²) in [5.74, 6) is -3.67. The van der Waals surface area contributed by atoms with Crippen molar-refractivity contribution in [2.75, 3.05) is 24.7 Å². The van der Waals surface area contributed by atoms with Crippen LogP contribution in [0.25, 0.3) is 10.9 Å². The number of likely N-dealkylation sites (tertiary alicyclic amines) is 1. The maximum absolute atomic E-state index is 15.5. The highest BCUT2D eigenvalue weighted by molar-refractivity contribution is 7.92. The number of carboxylic acid groups (broad SMARTS) is 1. The van der Waals surface area contributed by atoms with Crippen LogP contribution in [0.4, 0.5) is 10.1 Å². The molecule has 0 bridgehead atoms. The molecular formula is C31H35ClFN3O7S. The number of carbonyl (C=O) groups excluding carboxylic acids is 2. The number of hydrogen-bond donors (Lipinski definition) is 2. The maximum atomic E-state index is 15.5. The predicted molar refractivity (Wildman–Crippen MR) is 164 cm³/mol. The predicted octanol–water partition coefficient (Wildman–Crippen LogP) is 4.79. The first-order valence-corrected chi connectivity index (χ1v) is 16.8. The number of halogens is 2. The van der Waals surface area contributed by atoms with Gasteiger partial charge in [0.2, 0.25) is 0 Å². The van der Waals surface area contributed by atoms with Crippen molar-refractivity contribution in [3.05, 3.63) is 64.6 Å². The minimum atomic E-state index is -4.23. The van der Waals surface area contributed by atoms with Gasteiger partial charge < -0.3 is 19.7 Å². The fraction of sp³-hybridized carbons (Fsp3) is 0.452. The van der Waals surface area contributed by atoms with Gasteiger partial charge in [-0.2, -0.15) is 0 Å². The number of nitrogens with zero attached hydrogens (tertiary/aromatic N) is 2. The van der Waals surface area contributed by atoms with Crippen LogP contribution in [0.15, 0.2) is 42.6 Å². The Labute approximate surface area is 260 Å². The van der Waals surface area contributed by atoms with Crippen LogP contribution in [0.2, 0.25) is 5.02 Å². The van der Waals surface area contributed by atoms with E-state index in [2.05, 4.69) is 5.32 Å². The molecule has 1 saturated carbocycles. The van der Waals surface area contributed by atoms with Crippen LogP contribution in [0.1, 0.15) is 54.4 Å². The van der Waals surface area contributed by atoms with Crippen molar-refractivity contribution < 1.29 is 37.0 Å². The molecule has 2 fully saturated rings. The Hall–Kier alpha value is -3.32. The highest BCUT2D eigenvalue weighted by atomic mass is 35.5. The molecule has 5 rings (SSSR count). The summed E-state index contributed by atoms with van der Waals surface area (Å²) >= 11 is 6.46. The third-order valence-electron chi connectivity index (χ3n) is 8.60. The first-order valence-electron chi connectivity index (χ1n) is 14.5. The van der Waals surface area contributed by atoms with Crippen LogP contribution < -0.4 is 5.32 Å². The first kappa shape index (κ1) is 32.1. The fourth-order valence-corrected chi connectivity index (χ4v) is 8.01. The van der Waals surface area contributed by atoms with Gasteiger partial charge in [0.1, 0.15) is 5.82 Å². The number of benzene rings is 2. The summed E-state index contributed by atoms with van der Waals surface area (Å²) in [7, 11) is -2.42. The van der Waals surface area contributed by atoms with E-state index in [0.717, 1.165) is 17.8 Å². The van der Waals surface area contributed by atoms with Crippen molar-refractivity contribution >= 4 is 55.7 Å². The van der Waals surface area contributed by atoms with Gasteiger partial charge in [0.15, 0.2) is 15.6 Å². The van der Waals surface area contributed by atoms with Gasteiger partial charge in [-0.1, -0.05) is 29.8 Å². The lowest BCUT2D eigenvalue weighted by molar-refractivity contribution is -0.168. The van der Waals surface area contributed by atoms with Crippen LogP contribution in [-0.2, 0) is 37.6 Å². The number of carboxylic acids is 1. The SMILES string of the molecule is Cn1cc(C(=O)Nc2cc(F)c(CC(=O)C(OC3CCC(C(=O)O)CC3)(N3CCCC3)S(C)(=O)=O)cc2Cl)c2ccccc21. The topological polar surface area (TPSA) is 135 Å². The molecule has 0 spiro atoms. The minimum Gasteiger partial charge on any atom is -0.481 e. The largest absolute Gasteiger partial charge is 0.481 e. The normalized spacial score (nSPS) is 20.8. The van der Waals surface area contributed by atoms with Gasteiger partial charge in [0, 0.05) is 49.9 Å². The molecule has 44 heavy (non-hydrogen) atoms. The number of sulfone groups is 1. The molecule has 13 heteroatoms. The number of aromatic nitrogens is 1. The van der Waals surface area contributed by atoms with Crippen LogP contribution in [0, 0.1) is 11.7 Å². The number of para-hydroxylation sites is 1. The van der Waals surface area contributed by atoms with Crippen molar-refractivity contribution in [3.63, 3.8) is 0 Å². The van der Waals surface area contributed by atoms with E-state index in [1.54, 1.807) is 29.9 Å². The summed E-state index contributed by atoms with van der Waals surface area (Å²) in [6.45, 7) is 0.595. The Morgan fingerprint density at radius 1 is 1.11 bits per heavy atom. The van der Waals surface area contributed by atoms with Gasteiger partial charge in [0.05, 0.1) is 28.3 Å². The number of nitrogens with one attached hydrogen (secondary N) is 1. The molecule has 1 aromatic heterocycles. The molecule has 10 nitrogen and oxygen atoms in total. The second kappa shape index (κ2) is 12.6. The van der Waals surface area contributed by atoms with Crippen molar-refractivity contribution in [1.29, 1.82) is 0 Å². The van der Waals surface area contributed by atoms with Gasteiger partial charge >= 0.3 is 5.97 Å². The maximum Gasteiger partial charge on any atom is 0.306 e. The van der Waals surface area contributed by atoms with Crippen molar-refractivity contribution in [2.24, 2.45) is 13.0 Å². The Balaban J connectivity index is 1.41. The Bertz CT molecular complexity index is 1710. The number of rotatable bonds is 10. The molecule has 2 aromatic carbocycles. The van der Waals surface area contributed by atoms with E-state index in [9.17, 15) is 27.9 Å². The molecule has 1 amide bonds. The quantitative estimate of drug-likeness (QED) is 0.321. The molecule has 2 heterocycles. The Morgan fingerprint density at radius 2 is 1.77 bits per heavy atom. The molecule has 1 aliphatic heterocycles. The van der Waals surface area contributed by atoms with Gasteiger partial charge in [-0.3, -0.25) is 19.3 Å². The highest BCUT2D eigenvalue weighted by Crippen LogP contribution is 2.37. The summed E-state index contributed by atoms with van der Waals surface area (Å²) in [6.07, 6.45) is 3.77. The molecule has 2 N–H and O–H groups in total. The number of fused-ring (bicyclic) bond motifs is 1. The lowest BCUT2D eigenvalue weighted by Gasteiger charge is -2.42. The average molecular weight is 648 g/mol. The first-order chi connectivity index (χ1) is 20.8. The van der Waals surface area contributed by atoms with E-state index in [1.165, 1.54) is 11.0 Å². The Morgan fingerprint density at radius 3 is 2.41 bits per heavy atom. The summed E-state index contributed by atoms with van der Waals surface area (Å²) in [6, 6.07) is 9.56. The smallest absolute Gasteiger partial charge is 0.306 e. The number of hydrogen-bond acceptors (Lipinski definition) is 7. The average Bonchev–Trinajstić information content (AvgIpc) is 3.63. The van der Waals surface area contributed by atoms with E-state index < -0.39 is 56.8 Å². The number of carbonyl (C=O) groups is 3. The molecule has 236 valence electrons. The molecule has 3 aromatic rings. The lowest BCUT2D eigenvalue weighted by Crippen LogP contribution is -2.62. The van der Waals surface area contributed by atoms with E-state index in [-0.39, 0.29) is 29.1 Å². The second-order valence-electron chi connectivity index (χ2n) is 11.6. The zero-order valence-electron chi connectivity index (χ0n) is 24.5. The summed E-state index contributed by atoms with van der Waals surface area (Å²) < 4.78 is 50.4. The molecule has 0 radical (unpaired) electrons. The van der Waals surface area contributed by atoms with Gasteiger partial charge in [-0.15, -0.1) is 0 Å². The molecule has 1 unspecified atom stereocenters. The third kappa shape index (κ3) is 6.13. The molecule has 1 aliphatic carbocycles. The van der Waals surface area contributed by atoms with Gasteiger partial charge in [-0.25, -0.2) is 12.8 Å². The van der Waals surface area contributed by atoms with Crippen molar-refractivity contribution in [3.8, 4) is 0 Å². The summed E-state index contributed by atoms with van der Waals surface area (Å²) in [4.78, 5) is 40.1. The van der Waals surface area contributed by atoms with Gasteiger partial charge in [-0.05, 0) is 62.3 Å². The van der Waals surface area contributed by atoms with Crippen LogP contribution in [-0.4, -0.2) is 71.2 Å². The molecule has 1 atom stereocenters. The van der Waals surface area contributed by atoms with E-state index in [1.807, 2.05) is 12.1 Å². The van der Waals surface area contributed by atoms with Gasteiger partial charge in [0.25, 0.3) is 11.0 Å². The second-order valence-corrected chi connectivity index (χ2v) is 14.1. The monoisotopic (exact) mass is 647 g/mol. The van der Waals surface area contributed by atoms with Crippen molar-refractivity contribution in [1.82, 2.24) is 9.47 Å². The molecule has 1 saturated heterocycles. The lowest BCUT2D eigenvalue weighted by atomic mass is 9.87. The Kier molecular flexibility index (Phi) is 9.18. The van der Waals surface area contributed by atoms with E-state index in [4.69, 9.17) is 16.3 Å². The fourth-order valence-electron chi connectivity index (χ4n) is 6.33. The van der Waals surface area contributed by atoms with E-state index >= 15 is 4.39 Å². The number of ketones is 1. The number of aliphatic carboxylic acids is 1. The van der Waals surface area contributed by atoms with Crippen LogP contribution >= 0.6 is 11.6 Å². The van der Waals surface area contributed by atoms with E-state index in [0.29, 0.717) is 49.7 Å². The molecular weight excluding hydrogens is 613 g/mol. The summed E-state index contributed by atoms with van der Waals surface area (Å²) in [5.41, 5.74) is 1.07. The number of anilines is 1. The number of ether oxygens (including phenoxy) is 1. The van der Waals surface area contributed by atoms with Crippen molar-refractivity contribution in [2.45, 2.75) is 56.1 Å². The number of amides is 1. The summed E-state index contributed by atoms with van der Waals surface area (Å²) in [5, 5.41) is 10.3. The van der Waals surface area contributed by atoms with Crippen LogP contribution in [0.5, 0.6) is 0 Å². The molecule has 2 aliphatic rings. The van der Waals surface area contributed by atoms with Crippen LogP contribution in [0.3, 0.4) is 0 Å². The minimum absolute atomic E-state index is 0.00124. The number of Topliss-reactive ketones (excluding diaryl/α,β-unsaturated/α-hetero) is 1. The third-order valence-corrected chi connectivity index (χ3v) is 10.5. The zero-order valence-corrected chi connectivity index (χ0v) is 26.1. The standard InChI is InChI=1S/C31H35ClFN3O7S/c1-35-18-23(22-7-3-4-8-27(22)35)29(38)34-26-17-25(33)20(15-24(26)32)16-28(37)31(44(2,41)42,36-13-5-6-14-36)43-21-11-9-19(10-12-21)30(39)40/h3-4,7-8,15,17-19,21H,5-6,9-14,16H2,1-2H3,(H,34,38)(H,39,40). The number of aryl methyl sites for hydroxylation is 1. The zero-order chi connectivity index (χ0) is 31.8.